The van der Waals surface area contributed by atoms with Crippen LogP contribution in [0.3, 0.4) is 0 Å². The highest BCUT2D eigenvalue weighted by Crippen LogP contribution is 2.34. The van der Waals surface area contributed by atoms with Gasteiger partial charge >= 0.3 is 0 Å². The maximum Gasteiger partial charge on any atom is 0.224 e. The third-order valence-electron chi connectivity index (χ3n) is 5.12. The lowest BCUT2D eigenvalue weighted by molar-refractivity contribution is -0.120. The fourth-order valence-electron chi connectivity index (χ4n) is 3.59. The first-order valence-corrected chi connectivity index (χ1v) is 9.98. The minimum absolute atomic E-state index is 0.0347. The molecule has 0 aliphatic heterocycles. The van der Waals surface area contributed by atoms with Crippen molar-refractivity contribution < 1.29 is 4.79 Å². The summed E-state index contributed by atoms with van der Waals surface area (Å²) in [6, 6.07) is 19.8. The number of nitrogens with zero attached hydrogens (tertiary/aromatic N) is 1. The molecule has 0 fully saturated rings. The fourth-order valence-corrected chi connectivity index (χ4v) is 3.86. The van der Waals surface area contributed by atoms with Crippen molar-refractivity contribution in [2.75, 3.05) is 6.54 Å². The van der Waals surface area contributed by atoms with Crippen LogP contribution in [-0.2, 0) is 11.2 Å². The lowest BCUT2D eigenvalue weighted by atomic mass is 9.90. The van der Waals surface area contributed by atoms with E-state index in [4.69, 9.17) is 11.6 Å². The number of hydrogen-bond acceptors (Lipinski definition) is 2. The van der Waals surface area contributed by atoms with Crippen molar-refractivity contribution in [3.05, 3.63) is 100 Å². The number of pyridine rings is 1. The molecule has 2 aromatic heterocycles. The summed E-state index contributed by atoms with van der Waals surface area (Å²) in [5.41, 5.74) is 5.01. The van der Waals surface area contributed by atoms with Crippen molar-refractivity contribution in [2.24, 2.45) is 0 Å². The number of H-pyrrole nitrogens is 1. The molecule has 146 valence electrons. The summed E-state index contributed by atoms with van der Waals surface area (Å²) in [4.78, 5) is 20.2. The minimum atomic E-state index is -0.0556. The van der Waals surface area contributed by atoms with Crippen molar-refractivity contribution in [2.45, 2.75) is 19.3 Å². The first-order valence-electron chi connectivity index (χ1n) is 9.60. The number of fused-ring (bicyclic) bond motifs is 1. The third kappa shape index (κ3) is 4.33. The Morgan fingerprint density at radius 3 is 2.66 bits per heavy atom. The van der Waals surface area contributed by atoms with Crippen LogP contribution < -0.4 is 5.32 Å². The van der Waals surface area contributed by atoms with E-state index in [1.165, 1.54) is 0 Å². The Morgan fingerprint density at radius 2 is 1.86 bits per heavy atom. The SMILES string of the molecule is Cc1ccc(CC(=O)NCC(c2ccccc2Cl)c2c[nH]c3ccccc23)cn1. The van der Waals surface area contributed by atoms with E-state index in [1.807, 2.05) is 67.7 Å². The van der Waals surface area contributed by atoms with Gasteiger partial charge < -0.3 is 10.3 Å². The largest absolute Gasteiger partial charge is 0.361 e. The Labute approximate surface area is 174 Å². The van der Waals surface area contributed by atoms with Gasteiger partial charge in [0.05, 0.1) is 6.42 Å². The van der Waals surface area contributed by atoms with Crippen LogP contribution >= 0.6 is 11.6 Å². The molecule has 5 heteroatoms. The molecule has 4 rings (SSSR count). The fraction of sp³-hybridized carbons (Fsp3) is 0.167. The van der Waals surface area contributed by atoms with Crippen LogP contribution in [0.1, 0.15) is 28.3 Å². The lowest BCUT2D eigenvalue weighted by Gasteiger charge is -2.19. The molecule has 4 nitrogen and oxygen atoms in total. The second-order valence-electron chi connectivity index (χ2n) is 7.15. The number of para-hydroxylation sites is 1. The van der Waals surface area contributed by atoms with Gasteiger partial charge in [0.25, 0.3) is 0 Å². The predicted octanol–water partition coefficient (Wildman–Crippen LogP) is 5.02. The summed E-state index contributed by atoms with van der Waals surface area (Å²) in [6.45, 7) is 2.39. The van der Waals surface area contributed by atoms with Gasteiger partial charge in [-0.1, -0.05) is 54.1 Å². The second kappa shape index (κ2) is 8.50. The quantitative estimate of drug-likeness (QED) is 0.475. The van der Waals surface area contributed by atoms with E-state index in [0.29, 0.717) is 18.0 Å². The summed E-state index contributed by atoms with van der Waals surface area (Å²) >= 11 is 6.52. The van der Waals surface area contributed by atoms with E-state index in [-0.39, 0.29) is 11.8 Å². The number of aromatic nitrogens is 2. The van der Waals surface area contributed by atoms with Gasteiger partial charge in [-0.2, -0.15) is 0 Å². The molecule has 0 radical (unpaired) electrons. The lowest BCUT2D eigenvalue weighted by Crippen LogP contribution is -2.30. The molecule has 0 saturated carbocycles. The number of amides is 1. The van der Waals surface area contributed by atoms with Crippen molar-refractivity contribution in [3.8, 4) is 0 Å². The van der Waals surface area contributed by atoms with E-state index in [1.54, 1.807) is 6.20 Å². The number of rotatable bonds is 6. The number of carbonyl (C=O) groups is 1. The number of halogens is 1. The van der Waals surface area contributed by atoms with Gasteiger partial charge in [0.2, 0.25) is 5.91 Å². The molecule has 1 atom stereocenters. The first kappa shape index (κ1) is 19.2. The first-order chi connectivity index (χ1) is 14.1. The highest BCUT2D eigenvalue weighted by molar-refractivity contribution is 6.31. The van der Waals surface area contributed by atoms with Crippen LogP contribution in [0.5, 0.6) is 0 Å². The minimum Gasteiger partial charge on any atom is -0.361 e. The van der Waals surface area contributed by atoms with Crippen LogP contribution in [-0.4, -0.2) is 22.4 Å². The van der Waals surface area contributed by atoms with E-state index >= 15 is 0 Å². The molecule has 0 bridgehead atoms. The molecule has 0 aliphatic carbocycles. The summed E-state index contributed by atoms with van der Waals surface area (Å²) in [6.07, 6.45) is 4.06. The normalized spacial score (nSPS) is 12.1. The van der Waals surface area contributed by atoms with Crippen molar-refractivity contribution in [3.63, 3.8) is 0 Å². The third-order valence-corrected chi connectivity index (χ3v) is 5.46. The van der Waals surface area contributed by atoms with Crippen LogP contribution in [0.4, 0.5) is 0 Å². The van der Waals surface area contributed by atoms with Crippen molar-refractivity contribution in [1.29, 1.82) is 0 Å². The molecule has 2 heterocycles. The maximum absolute atomic E-state index is 12.6. The molecule has 2 aromatic carbocycles. The van der Waals surface area contributed by atoms with Gasteiger partial charge in [-0.15, -0.1) is 0 Å². The standard InChI is InChI=1S/C24H22ClN3O/c1-16-10-11-17(13-26-16)12-24(29)28-15-20(18-6-2-4-8-22(18)25)21-14-27-23-9-5-3-7-19(21)23/h2-11,13-14,20,27H,12,15H2,1H3,(H,28,29). The zero-order valence-corrected chi connectivity index (χ0v) is 16.9. The molecular formula is C24H22ClN3O. The Balaban J connectivity index is 1.58. The summed E-state index contributed by atoms with van der Waals surface area (Å²) in [7, 11) is 0. The summed E-state index contributed by atoms with van der Waals surface area (Å²) < 4.78 is 0. The van der Waals surface area contributed by atoms with Crippen LogP contribution in [0.25, 0.3) is 10.9 Å². The number of aromatic amines is 1. The van der Waals surface area contributed by atoms with E-state index in [2.05, 4.69) is 21.4 Å². The number of benzene rings is 2. The van der Waals surface area contributed by atoms with Crippen LogP contribution in [0, 0.1) is 6.92 Å². The average molecular weight is 404 g/mol. The van der Waals surface area contributed by atoms with Gasteiger partial charge in [-0.25, -0.2) is 0 Å². The highest BCUT2D eigenvalue weighted by Gasteiger charge is 2.21. The summed E-state index contributed by atoms with van der Waals surface area (Å²) in [5, 5.41) is 4.91. The Hall–Kier alpha value is -3.11. The number of hydrogen-bond donors (Lipinski definition) is 2. The Morgan fingerprint density at radius 1 is 1.07 bits per heavy atom. The molecule has 2 N–H and O–H groups in total. The summed E-state index contributed by atoms with van der Waals surface area (Å²) in [5.74, 6) is -0.0903. The zero-order chi connectivity index (χ0) is 20.2. The van der Waals surface area contributed by atoms with E-state index in [9.17, 15) is 4.79 Å². The van der Waals surface area contributed by atoms with Gasteiger partial charge in [-0.3, -0.25) is 9.78 Å². The molecule has 29 heavy (non-hydrogen) atoms. The topological polar surface area (TPSA) is 57.8 Å². The smallest absolute Gasteiger partial charge is 0.224 e. The zero-order valence-electron chi connectivity index (χ0n) is 16.2. The second-order valence-corrected chi connectivity index (χ2v) is 7.56. The monoisotopic (exact) mass is 403 g/mol. The molecule has 0 aliphatic rings. The molecule has 4 aromatic rings. The number of nitrogens with one attached hydrogen (secondary N) is 2. The number of carbonyl (C=O) groups excluding carboxylic acids is 1. The molecule has 0 spiro atoms. The molecule has 1 unspecified atom stereocenters. The van der Waals surface area contributed by atoms with Gasteiger partial charge in [0.1, 0.15) is 0 Å². The van der Waals surface area contributed by atoms with Crippen molar-refractivity contribution in [1.82, 2.24) is 15.3 Å². The van der Waals surface area contributed by atoms with E-state index < -0.39 is 0 Å². The number of aryl methyl sites for hydroxylation is 1. The molecule has 1 amide bonds. The molecule has 0 saturated heterocycles. The molecular weight excluding hydrogens is 382 g/mol. The Kier molecular flexibility index (Phi) is 5.63. The van der Waals surface area contributed by atoms with E-state index in [0.717, 1.165) is 33.3 Å². The highest BCUT2D eigenvalue weighted by atomic mass is 35.5. The van der Waals surface area contributed by atoms with Gasteiger partial charge in [-0.05, 0) is 41.8 Å². The van der Waals surface area contributed by atoms with Crippen molar-refractivity contribution >= 4 is 28.4 Å². The average Bonchev–Trinajstić information content (AvgIpc) is 3.15. The van der Waals surface area contributed by atoms with Crippen LogP contribution in [0.2, 0.25) is 5.02 Å². The predicted molar refractivity (Wildman–Crippen MR) is 117 cm³/mol. The van der Waals surface area contributed by atoms with Crippen LogP contribution in [0.15, 0.2) is 73.1 Å². The maximum atomic E-state index is 12.6. The van der Waals surface area contributed by atoms with Gasteiger partial charge in [0.15, 0.2) is 0 Å². The Bertz CT molecular complexity index is 1130. The van der Waals surface area contributed by atoms with Gasteiger partial charge in [0, 0.05) is 46.5 Å².